The van der Waals surface area contributed by atoms with E-state index in [4.69, 9.17) is 0 Å². The van der Waals surface area contributed by atoms with E-state index >= 15 is 0 Å². The van der Waals surface area contributed by atoms with Crippen molar-refractivity contribution in [3.63, 3.8) is 0 Å². The molecule has 2 aromatic carbocycles. The van der Waals surface area contributed by atoms with Crippen molar-refractivity contribution in [3.8, 4) is 0 Å². The highest BCUT2D eigenvalue weighted by atomic mass is 79.9. The maximum Gasteiger partial charge on any atom is 0.328 e. The number of nitrogens with one attached hydrogen (secondary N) is 1. The molecule has 0 bridgehead atoms. The van der Waals surface area contributed by atoms with Crippen LogP contribution in [-0.2, 0) is 23.7 Å². The molecule has 27 heavy (non-hydrogen) atoms. The SMILES string of the molecule is Cn1c(=O)n(C)c2cc(/C=C3/C(=O)NN(c4ccc(Br)cc4)C3=O)ccc21. The first-order valence-electron chi connectivity index (χ1n) is 8.15. The Labute approximate surface area is 162 Å². The zero-order valence-corrected chi connectivity index (χ0v) is 16.1. The normalized spacial score (nSPS) is 15.8. The minimum atomic E-state index is -0.468. The third kappa shape index (κ3) is 2.78. The molecule has 8 heteroatoms. The Hall–Kier alpha value is -3.13. The van der Waals surface area contributed by atoms with E-state index < -0.39 is 11.8 Å². The van der Waals surface area contributed by atoms with Gasteiger partial charge >= 0.3 is 5.69 Å². The second-order valence-electron chi connectivity index (χ2n) is 6.26. The van der Waals surface area contributed by atoms with Crippen LogP contribution in [0, 0.1) is 0 Å². The lowest BCUT2D eigenvalue weighted by molar-refractivity contribution is -0.117. The Morgan fingerprint density at radius 1 is 0.926 bits per heavy atom. The van der Waals surface area contributed by atoms with Crippen LogP contribution in [0.15, 0.2) is 57.3 Å². The van der Waals surface area contributed by atoms with E-state index in [0.717, 1.165) is 15.5 Å². The average molecular weight is 427 g/mol. The molecule has 4 rings (SSSR count). The molecule has 1 N–H and O–H groups in total. The van der Waals surface area contributed by atoms with Gasteiger partial charge in [0.15, 0.2) is 0 Å². The van der Waals surface area contributed by atoms with Crippen LogP contribution >= 0.6 is 15.9 Å². The molecule has 1 aromatic heterocycles. The highest BCUT2D eigenvalue weighted by Crippen LogP contribution is 2.24. The summed E-state index contributed by atoms with van der Waals surface area (Å²) in [5, 5.41) is 1.22. The number of rotatable bonds is 2. The predicted molar refractivity (Wildman–Crippen MR) is 106 cm³/mol. The predicted octanol–water partition coefficient (Wildman–Crippen LogP) is 2.10. The van der Waals surface area contributed by atoms with Gasteiger partial charge in [0, 0.05) is 18.6 Å². The lowest BCUT2D eigenvalue weighted by Gasteiger charge is -2.14. The third-order valence-electron chi connectivity index (χ3n) is 4.58. The van der Waals surface area contributed by atoms with Crippen molar-refractivity contribution >= 4 is 50.5 Å². The number of hydrazine groups is 1. The van der Waals surface area contributed by atoms with Gasteiger partial charge in [-0.15, -0.1) is 0 Å². The van der Waals surface area contributed by atoms with Crippen LogP contribution in [0.1, 0.15) is 5.56 Å². The van der Waals surface area contributed by atoms with Gasteiger partial charge < -0.3 is 0 Å². The van der Waals surface area contributed by atoms with Crippen LogP contribution in [-0.4, -0.2) is 20.9 Å². The van der Waals surface area contributed by atoms with E-state index in [1.54, 1.807) is 61.1 Å². The van der Waals surface area contributed by atoms with Gasteiger partial charge in [-0.25, -0.2) is 9.80 Å². The molecule has 1 aliphatic heterocycles. The van der Waals surface area contributed by atoms with Crippen molar-refractivity contribution in [1.82, 2.24) is 14.6 Å². The fourth-order valence-corrected chi connectivity index (χ4v) is 3.37. The molecule has 0 aliphatic carbocycles. The van der Waals surface area contributed by atoms with Crippen LogP contribution in [0.3, 0.4) is 0 Å². The zero-order valence-electron chi connectivity index (χ0n) is 14.6. The summed E-state index contributed by atoms with van der Waals surface area (Å²) in [6, 6.07) is 12.4. The summed E-state index contributed by atoms with van der Waals surface area (Å²) in [6.07, 6.45) is 1.54. The number of fused-ring (bicyclic) bond motifs is 1. The number of amides is 2. The highest BCUT2D eigenvalue weighted by Gasteiger charge is 2.34. The molecule has 1 saturated heterocycles. The summed E-state index contributed by atoms with van der Waals surface area (Å²) in [6.45, 7) is 0. The van der Waals surface area contributed by atoms with Gasteiger partial charge in [-0.3, -0.25) is 24.1 Å². The first-order chi connectivity index (χ1) is 12.9. The van der Waals surface area contributed by atoms with Crippen LogP contribution in [0.5, 0.6) is 0 Å². The van der Waals surface area contributed by atoms with Crippen molar-refractivity contribution in [2.24, 2.45) is 14.1 Å². The Morgan fingerprint density at radius 3 is 2.30 bits per heavy atom. The summed E-state index contributed by atoms with van der Waals surface area (Å²) in [4.78, 5) is 37.1. The van der Waals surface area contributed by atoms with E-state index in [1.165, 1.54) is 15.7 Å². The Kier molecular flexibility index (Phi) is 4.00. The maximum absolute atomic E-state index is 12.7. The Balaban J connectivity index is 1.73. The van der Waals surface area contributed by atoms with Crippen LogP contribution in [0.2, 0.25) is 0 Å². The van der Waals surface area contributed by atoms with Gasteiger partial charge in [-0.1, -0.05) is 22.0 Å². The van der Waals surface area contributed by atoms with Gasteiger partial charge in [0.25, 0.3) is 11.8 Å². The molecule has 2 amide bonds. The highest BCUT2D eigenvalue weighted by molar-refractivity contribution is 9.10. The zero-order chi connectivity index (χ0) is 19.3. The molecule has 0 radical (unpaired) electrons. The molecule has 1 fully saturated rings. The molecule has 2 heterocycles. The molecule has 0 spiro atoms. The summed E-state index contributed by atoms with van der Waals surface area (Å²) in [7, 11) is 3.39. The fourth-order valence-electron chi connectivity index (χ4n) is 3.11. The summed E-state index contributed by atoms with van der Waals surface area (Å²) >= 11 is 3.34. The second kappa shape index (κ2) is 6.24. The minimum Gasteiger partial charge on any atom is -0.295 e. The number of aromatic nitrogens is 2. The average Bonchev–Trinajstić information content (AvgIpc) is 3.05. The number of halogens is 1. The van der Waals surface area contributed by atoms with Crippen LogP contribution < -0.4 is 16.1 Å². The van der Waals surface area contributed by atoms with Gasteiger partial charge in [0.2, 0.25) is 0 Å². The third-order valence-corrected chi connectivity index (χ3v) is 5.11. The molecule has 136 valence electrons. The topological polar surface area (TPSA) is 76.3 Å². The monoisotopic (exact) mass is 426 g/mol. The molecule has 7 nitrogen and oxygen atoms in total. The van der Waals surface area contributed by atoms with Crippen LogP contribution in [0.4, 0.5) is 5.69 Å². The van der Waals surface area contributed by atoms with Gasteiger partial charge in [0.05, 0.1) is 16.7 Å². The van der Waals surface area contributed by atoms with Crippen LogP contribution in [0.25, 0.3) is 17.1 Å². The Morgan fingerprint density at radius 2 is 1.59 bits per heavy atom. The molecule has 0 atom stereocenters. The van der Waals surface area contributed by atoms with Crippen molar-refractivity contribution in [1.29, 1.82) is 0 Å². The number of nitrogens with zero attached hydrogens (tertiary/aromatic N) is 3. The number of aryl methyl sites for hydroxylation is 2. The minimum absolute atomic E-state index is 0.0400. The fraction of sp³-hybridized carbons (Fsp3) is 0.105. The lowest BCUT2D eigenvalue weighted by Crippen LogP contribution is -2.35. The van der Waals surface area contributed by atoms with E-state index in [1.807, 2.05) is 0 Å². The molecule has 0 unspecified atom stereocenters. The first-order valence-corrected chi connectivity index (χ1v) is 8.94. The van der Waals surface area contributed by atoms with Crippen molar-refractivity contribution < 1.29 is 9.59 Å². The van der Waals surface area contributed by atoms with E-state index in [2.05, 4.69) is 21.4 Å². The number of hydrogen-bond donors (Lipinski definition) is 1. The van der Waals surface area contributed by atoms with Crippen molar-refractivity contribution in [2.75, 3.05) is 5.01 Å². The summed E-state index contributed by atoms with van der Waals surface area (Å²) in [5.41, 5.74) is 5.23. The molecular formula is C19H15BrN4O3. The number of imidazole rings is 1. The first kappa shape index (κ1) is 17.3. The second-order valence-corrected chi connectivity index (χ2v) is 7.18. The van der Waals surface area contributed by atoms with E-state index in [9.17, 15) is 14.4 Å². The number of hydrogen-bond acceptors (Lipinski definition) is 3. The molecule has 0 saturated carbocycles. The number of carbonyl (C=O) groups is 2. The largest absolute Gasteiger partial charge is 0.328 e. The van der Waals surface area contributed by atoms with Gasteiger partial charge in [-0.05, 0) is 48.0 Å². The molecule has 1 aliphatic rings. The maximum atomic E-state index is 12.7. The number of benzene rings is 2. The summed E-state index contributed by atoms with van der Waals surface area (Å²) in [5.74, 6) is -0.894. The van der Waals surface area contributed by atoms with Gasteiger partial charge in [0.1, 0.15) is 5.57 Å². The standard InChI is InChI=1S/C19H15BrN4O3/c1-22-15-8-3-11(10-16(15)23(2)19(22)27)9-14-17(25)21-24(18(14)26)13-6-4-12(20)5-7-13/h3-10H,1-2H3,(H,21,25)/b14-9-. The van der Waals surface area contributed by atoms with Crippen molar-refractivity contribution in [2.45, 2.75) is 0 Å². The molecule has 3 aromatic rings. The molecular weight excluding hydrogens is 412 g/mol. The van der Waals surface area contributed by atoms with Crippen molar-refractivity contribution in [3.05, 3.63) is 68.6 Å². The van der Waals surface area contributed by atoms with E-state index in [-0.39, 0.29) is 11.3 Å². The van der Waals surface area contributed by atoms with E-state index in [0.29, 0.717) is 11.3 Å². The lowest BCUT2D eigenvalue weighted by atomic mass is 10.1. The number of carbonyl (C=O) groups excluding carboxylic acids is 2. The smallest absolute Gasteiger partial charge is 0.295 e. The Bertz CT molecular complexity index is 1190. The van der Waals surface area contributed by atoms with Gasteiger partial charge in [-0.2, -0.15) is 0 Å². The quantitative estimate of drug-likeness (QED) is 0.503. The number of anilines is 1. The summed E-state index contributed by atoms with van der Waals surface area (Å²) < 4.78 is 3.96.